The zero-order valence-electron chi connectivity index (χ0n) is 21.5. The Morgan fingerprint density at radius 3 is 2.58 bits per heavy atom. The van der Waals surface area contributed by atoms with E-state index in [1.165, 1.54) is 6.07 Å². The molecule has 2 aromatic carbocycles. The van der Waals surface area contributed by atoms with Crippen molar-refractivity contribution in [2.75, 3.05) is 26.2 Å². The van der Waals surface area contributed by atoms with Crippen molar-refractivity contribution in [2.45, 2.75) is 32.4 Å². The van der Waals surface area contributed by atoms with Gasteiger partial charge in [0.15, 0.2) is 0 Å². The summed E-state index contributed by atoms with van der Waals surface area (Å²) in [4.78, 5) is 30.3. The van der Waals surface area contributed by atoms with Gasteiger partial charge in [-0.25, -0.2) is 9.18 Å². The summed E-state index contributed by atoms with van der Waals surface area (Å²) in [5.74, 6) is -0.499. The smallest absolute Gasteiger partial charge is 0.320 e. The van der Waals surface area contributed by atoms with Gasteiger partial charge in [-0.15, -0.1) is 0 Å². The molecule has 0 saturated carbocycles. The molecule has 8 heteroatoms. The highest BCUT2D eigenvalue weighted by molar-refractivity contribution is 6.33. The van der Waals surface area contributed by atoms with Gasteiger partial charge in [-0.2, -0.15) is 0 Å². The molecule has 3 amide bonds. The number of fused-ring (bicyclic) bond motifs is 1. The van der Waals surface area contributed by atoms with Crippen LogP contribution in [-0.4, -0.2) is 57.1 Å². The van der Waals surface area contributed by atoms with E-state index in [1.54, 1.807) is 6.07 Å². The fraction of sp³-hybridized carbons (Fsp3) is 0.333. The highest BCUT2D eigenvalue weighted by atomic mass is 19.1. The number of piperidine rings is 1. The lowest BCUT2D eigenvalue weighted by molar-refractivity contribution is -0.114. The fourth-order valence-electron chi connectivity index (χ4n) is 6.53. The van der Waals surface area contributed by atoms with Gasteiger partial charge in [-0.1, -0.05) is 18.2 Å². The van der Waals surface area contributed by atoms with Gasteiger partial charge in [-0.3, -0.25) is 4.79 Å². The van der Waals surface area contributed by atoms with Crippen LogP contribution in [0.1, 0.15) is 36.0 Å². The van der Waals surface area contributed by atoms with Crippen LogP contribution in [0.4, 0.5) is 9.18 Å². The molecule has 194 valence electrons. The lowest BCUT2D eigenvalue weighted by Crippen LogP contribution is -2.45. The van der Waals surface area contributed by atoms with Gasteiger partial charge in [0, 0.05) is 86.1 Å². The predicted octanol–water partition coefficient (Wildman–Crippen LogP) is 4.73. The molecule has 38 heavy (non-hydrogen) atoms. The van der Waals surface area contributed by atoms with Gasteiger partial charge in [0.2, 0.25) is 0 Å². The molecule has 0 bridgehead atoms. The number of halogens is 1. The van der Waals surface area contributed by atoms with Crippen molar-refractivity contribution in [1.29, 1.82) is 0 Å². The fourth-order valence-corrected chi connectivity index (χ4v) is 6.53. The maximum absolute atomic E-state index is 15.1. The van der Waals surface area contributed by atoms with Crippen LogP contribution in [0, 0.1) is 5.82 Å². The van der Waals surface area contributed by atoms with Crippen molar-refractivity contribution in [1.82, 2.24) is 24.3 Å². The number of rotatable bonds is 2. The first kappa shape index (κ1) is 23.1. The number of amides is 3. The first-order chi connectivity index (χ1) is 18.5. The highest BCUT2D eigenvalue weighted by Gasteiger charge is 2.32. The summed E-state index contributed by atoms with van der Waals surface area (Å²) in [5.41, 5.74) is 6.06. The average molecular weight is 512 g/mol. The van der Waals surface area contributed by atoms with Gasteiger partial charge >= 0.3 is 6.03 Å². The second-order valence-corrected chi connectivity index (χ2v) is 10.7. The molecule has 0 spiro atoms. The number of benzene rings is 2. The number of aromatic nitrogens is 2. The number of carbonyl (C=O) groups excluding carboxylic acids is 2. The van der Waals surface area contributed by atoms with Gasteiger partial charge in [0.05, 0.1) is 11.1 Å². The van der Waals surface area contributed by atoms with E-state index in [9.17, 15) is 9.59 Å². The number of para-hydroxylation sites is 1. The lowest BCUT2D eigenvalue weighted by atomic mass is 9.95. The number of nitrogens with one attached hydrogen (secondary N) is 1. The number of hydrogen-bond acceptors (Lipinski definition) is 2. The summed E-state index contributed by atoms with van der Waals surface area (Å²) in [5, 5.41) is 4.82. The Hall–Kier alpha value is -4.07. The van der Waals surface area contributed by atoms with E-state index in [1.807, 2.05) is 35.2 Å². The van der Waals surface area contributed by atoms with Crippen molar-refractivity contribution >= 4 is 44.9 Å². The minimum Gasteiger partial charge on any atom is -0.350 e. The van der Waals surface area contributed by atoms with Crippen molar-refractivity contribution in [3.8, 4) is 0 Å². The molecule has 3 aliphatic rings. The third-order valence-corrected chi connectivity index (χ3v) is 8.33. The maximum Gasteiger partial charge on any atom is 0.320 e. The quantitative estimate of drug-likeness (QED) is 0.423. The molecule has 7 nitrogen and oxygen atoms in total. The number of hydrogen-bond donors (Lipinski definition) is 1. The Labute approximate surface area is 220 Å². The molecule has 7 rings (SSSR count). The zero-order valence-corrected chi connectivity index (χ0v) is 21.5. The molecule has 0 aliphatic carbocycles. The van der Waals surface area contributed by atoms with E-state index in [4.69, 9.17) is 0 Å². The van der Waals surface area contributed by atoms with Crippen LogP contribution in [0.15, 0.2) is 48.8 Å². The monoisotopic (exact) mass is 511 g/mol. The molecule has 2 aromatic heterocycles. The third-order valence-electron chi connectivity index (χ3n) is 8.33. The van der Waals surface area contributed by atoms with Crippen LogP contribution in [0.25, 0.3) is 33.0 Å². The standard InChI is InChI=1S/C30H30FN5O2/c1-33-17-24(21-7-3-4-8-26(21)33)23-15-32-29(37)27(23)25-18-35-11-12-36(30(38)34-9-5-2-6-10-34)16-19-13-20(31)14-22(25)28(19)35/h3-4,7-8,13-14,17-18H,2,5-6,9-12,15-16H2,1H3,(H,32,37). The SMILES string of the molecule is Cn1cc(C2=C(c3cn4c5c(cc(F)cc35)CN(C(=O)N3CCCCC3)CC4)C(=O)NC2)c2ccccc21. The summed E-state index contributed by atoms with van der Waals surface area (Å²) < 4.78 is 19.3. The van der Waals surface area contributed by atoms with Crippen molar-refractivity contribution in [2.24, 2.45) is 7.05 Å². The largest absolute Gasteiger partial charge is 0.350 e. The molecular formula is C30H30FN5O2. The van der Waals surface area contributed by atoms with E-state index in [0.29, 0.717) is 31.8 Å². The van der Waals surface area contributed by atoms with Crippen LogP contribution in [-0.2, 0) is 24.9 Å². The third kappa shape index (κ3) is 3.54. The van der Waals surface area contributed by atoms with E-state index in [0.717, 1.165) is 76.4 Å². The van der Waals surface area contributed by atoms with Gasteiger partial charge < -0.3 is 24.3 Å². The molecule has 0 atom stereocenters. The summed E-state index contributed by atoms with van der Waals surface area (Å²) in [6.07, 6.45) is 7.27. The summed E-state index contributed by atoms with van der Waals surface area (Å²) in [6, 6.07) is 11.3. The molecule has 1 fully saturated rings. The van der Waals surface area contributed by atoms with Gasteiger partial charge in [0.1, 0.15) is 5.82 Å². The second kappa shape index (κ2) is 8.75. The maximum atomic E-state index is 15.1. The molecule has 4 aromatic rings. The Morgan fingerprint density at radius 1 is 0.921 bits per heavy atom. The first-order valence-electron chi connectivity index (χ1n) is 13.4. The topological polar surface area (TPSA) is 62.5 Å². The second-order valence-electron chi connectivity index (χ2n) is 10.7. The summed E-state index contributed by atoms with van der Waals surface area (Å²) >= 11 is 0. The minimum absolute atomic E-state index is 0.0317. The van der Waals surface area contributed by atoms with E-state index >= 15 is 4.39 Å². The van der Waals surface area contributed by atoms with E-state index < -0.39 is 0 Å². The lowest BCUT2D eigenvalue weighted by Gasteiger charge is -2.32. The van der Waals surface area contributed by atoms with Crippen LogP contribution >= 0.6 is 0 Å². The molecule has 0 radical (unpaired) electrons. The molecule has 1 N–H and O–H groups in total. The normalized spacial score (nSPS) is 18.0. The molecule has 1 saturated heterocycles. The molecule has 5 heterocycles. The summed E-state index contributed by atoms with van der Waals surface area (Å²) in [7, 11) is 2.01. The Kier molecular flexibility index (Phi) is 5.32. The van der Waals surface area contributed by atoms with Crippen molar-refractivity contribution in [3.05, 3.63) is 71.3 Å². The van der Waals surface area contributed by atoms with Crippen molar-refractivity contribution < 1.29 is 14.0 Å². The molecule has 0 unspecified atom stereocenters. The number of carbonyl (C=O) groups is 2. The van der Waals surface area contributed by atoms with Crippen LogP contribution in [0.2, 0.25) is 0 Å². The van der Waals surface area contributed by atoms with Crippen LogP contribution in [0.5, 0.6) is 0 Å². The average Bonchev–Trinajstić information content (AvgIpc) is 3.54. The highest BCUT2D eigenvalue weighted by Crippen LogP contribution is 2.40. The number of nitrogens with zero attached hydrogens (tertiary/aromatic N) is 4. The van der Waals surface area contributed by atoms with E-state index in [-0.39, 0.29) is 17.8 Å². The number of likely N-dealkylation sites (tertiary alicyclic amines) is 1. The van der Waals surface area contributed by atoms with Crippen LogP contribution in [0.3, 0.4) is 0 Å². The van der Waals surface area contributed by atoms with Gasteiger partial charge in [-0.05, 0) is 48.6 Å². The van der Waals surface area contributed by atoms with E-state index in [2.05, 4.69) is 32.8 Å². The molecule has 3 aliphatic heterocycles. The predicted molar refractivity (Wildman–Crippen MR) is 146 cm³/mol. The zero-order chi connectivity index (χ0) is 26.0. The number of urea groups is 1. The number of aryl methyl sites for hydroxylation is 1. The van der Waals surface area contributed by atoms with Crippen LogP contribution < -0.4 is 5.32 Å². The Balaban J connectivity index is 1.35. The van der Waals surface area contributed by atoms with Crippen molar-refractivity contribution in [3.63, 3.8) is 0 Å². The Morgan fingerprint density at radius 2 is 1.74 bits per heavy atom. The molecular weight excluding hydrogens is 481 g/mol. The Bertz CT molecular complexity index is 1660. The van der Waals surface area contributed by atoms with Gasteiger partial charge in [0.25, 0.3) is 5.91 Å². The first-order valence-corrected chi connectivity index (χ1v) is 13.4. The summed E-state index contributed by atoms with van der Waals surface area (Å²) in [6.45, 7) is 3.47. The minimum atomic E-state index is -0.357.